The van der Waals surface area contributed by atoms with Crippen LogP contribution < -0.4 is 11.2 Å². The van der Waals surface area contributed by atoms with Crippen LogP contribution in [0.4, 0.5) is 0 Å². The van der Waals surface area contributed by atoms with Crippen molar-refractivity contribution in [1.82, 2.24) is 15.3 Å². The van der Waals surface area contributed by atoms with E-state index in [-0.39, 0.29) is 12.6 Å². The number of carbonyl (C=O) groups excluding carboxylic acids is 1. The highest BCUT2D eigenvalue weighted by Crippen LogP contribution is 2.21. The maximum Gasteiger partial charge on any atom is 0.245 e. The summed E-state index contributed by atoms with van der Waals surface area (Å²) in [4.78, 5) is 15.5. The van der Waals surface area contributed by atoms with Crippen LogP contribution in [0.3, 0.4) is 0 Å². The van der Waals surface area contributed by atoms with Crippen molar-refractivity contribution in [2.75, 3.05) is 6.61 Å². The number of hydrogen-bond acceptors (Lipinski definition) is 4. The number of rotatable bonds is 6. The molecule has 0 aliphatic carbocycles. The van der Waals surface area contributed by atoms with Gasteiger partial charge in [-0.05, 0) is 27.7 Å². The topological polar surface area (TPSA) is 82.2 Å². The van der Waals surface area contributed by atoms with Crippen molar-refractivity contribution in [3.05, 3.63) is 17.0 Å². The summed E-state index contributed by atoms with van der Waals surface area (Å²) in [7, 11) is 0. The molecular formula is C11H20N4O2. The molecule has 0 fully saturated rings. The molecule has 1 rings (SSSR count). The molecule has 6 nitrogen and oxygen atoms in total. The monoisotopic (exact) mass is 240 g/mol. The van der Waals surface area contributed by atoms with E-state index in [0.717, 1.165) is 23.5 Å². The Hall–Kier alpha value is -1.40. The van der Waals surface area contributed by atoms with Crippen LogP contribution in [0.5, 0.6) is 0 Å². The van der Waals surface area contributed by atoms with E-state index in [1.807, 2.05) is 32.4 Å². The Morgan fingerprint density at radius 2 is 2.24 bits per heavy atom. The molecule has 96 valence electrons. The third-order valence-electron chi connectivity index (χ3n) is 2.64. The second-order valence-corrected chi connectivity index (χ2v) is 3.99. The van der Waals surface area contributed by atoms with Crippen molar-refractivity contribution in [3.63, 3.8) is 0 Å². The second kappa shape index (κ2) is 5.79. The fourth-order valence-corrected chi connectivity index (χ4v) is 1.94. The molecule has 1 unspecified atom stereocenters. The average molecular weight is 240 g/mol. The molecule has 1 aromatic rings. The molecule has 1 aromatic heterocycles. The third kappa shape index (κ3) is 3.28. The van der Waals surface area contributed by atoms with Crippen LogP contribution in [0.1, 0.15) is 36.8 Å². The zero-order valence-electron chi connectivity index (χ0n) is 10.8. The SMILES string of the molecule is CCn1nc(C)c(C(C)NOCC(N)=O)c1C. The summed E-state index contributed by atoms with van der Waals surface area (Å²) in [5.41, 5.74) is 10.9. The number of aromatic nitrogens is 2. The molecule has 0 radical (unpaired) electrons. The lowest BCUT2D eigenvalue weighted by molar-refractivity contribution is -0.126. The van der Waals surface area contributed by atoms with Crippen molar-refractivity contribution in [1.29, 1.82) is 0 Å². The zero-order valence-corrected chi connectivity index (χ0v) is 10.8. The van der Waals surface area contributed by atoms with Gasteiger partial charge in [0.15, 0.2) is 0 Å². The fourth-order valence-electron chi connectivity index (χ4n) is 1.94. The number of hydrogen-bond donors (Lipinski definition) is 2. The number of amides is 1. The minimum Gasteiger partial charge on any atom is -0.368 e. The molecule has 0 spiro atoms. The van der Waals surface area contributed by atoms with Gasteiger partial charge in [-0.15, -0.1) is 0 Å². The molecule has 1 amide bonds. The van der Waals surface area contributed by atoms with Gasteiger partial charge in [-0.2, -0.15) is 10.6 Å². The van der Waals surface area contributed by atoms with Crippen LogP contribution in [0.15, 0.2) is 0 Å². The normalized spacial score (nSPS) is 12.7. The number of nitrogens with one attached hydrogen (secondary N) is 1. The Morgan fingerprint density at radius 3 is 2.71 bits per heavy atom. The van der Waals surface area contributed by atoms with Gasteiger partial charge >= 0.3 is 0 Å². The molecular weight excluding hydrogens is 220 g/mol. The highest BCUT2D eigenvalue weighted by molar-refractivity contribution is 5.74. The summed E-state index contributed by atoms with van der Waals surface area (Å²) in [5, 5.41) is 4.42. The van der Waals surface area contributed by atoms with Gasteiger partial charge in [0.05, 0.1) is 11.7 Å². The van der Waals surface area contributed by atoms with Crippen molar-refractivity contribution in [2.24, 2.45) is 5.73 Å². The van der Waals surface area contributed by atoms with E-state index in [1.165, 1.54) is 0 Å². The van der Waals surface area contributed by atoms with Gasteiger partial charge in [0.25, 0.3) is 0 Å². The first-order valence-corrected chi connectivity index (χ1v) is 5.66. The Kier molecular flexibility index (Phi) is 4.65. The number of nitrogens with zero attached hydrogens (tertiary/aromatic N) is 2. The summed E-state index contributed by atoms with van der Waals surface area (Å²) in [6.07, 6.45) is 0. The first-order valence-electron chi connectivity index (χ1n) is 5.66. The number of aryl methyl sites for hydroxylation is 2. The first kappa shape index (κ1) is 13.7. The summed E-state index contributed by atoms with van der Waals surface area (Å²) in [6.45, 7) is 8.68. The summed E-state index contributed by atoms with van der Waals surface area (Å²) in [5.74, 6) is -0.498. The molecule has 0 aliphatic rings. The van der Waals surface area contributed by atoms with Crippen molar-refractivity contribution < 1.29 is 9.63 Å². The maximum absolute atomic E-state index is 10.5. The molecule has 0 saturated heterocycles. The van der Waals surface area contributed by atoms with Crippen LogP contribution in [-0.2, 0) is 16.2 Å². The van der Waals surface area contributed by atoms with E-state index >= 15 is 0 Å². The van der Waals surface area contributed by atoms with Gasteiger partial charge < -0.3 is 5.73 Å². The Morgan fingerprint density at radius 1 is 1.59 bits per heavy atom. The number of nitrogens with two attached hydrogens (primary N) is 1. The highest BCUT2D eigenvalue weighted by atomic mass is 16.6. The molecule has 0 saturated carbocycles. The Labute approximate surface area is 101 Å². The predicted octanol–water partition coefficient (Wildman–Crippen LogP) is 0.587. The Bertz CT molecular complexity index is 400. The first-order chi connectivity index (χ1) is 7.97. The third-order valence-corrected chi connectivity index (χ3v) is 2.64. The quantitative estimate of drug-likeness (QED) is 0.713. The molecule has 0 aliphatic heterocycles. The fraction of sp³-hybridized carbons (Fsp3) is 0.636. The van der Waals surface area contributed by atoms with Crippen LogP contribution >= 0.6 is 0 Å². The molecule has 3 N–H and O–H groups in total. The smallest absolute Gasteiger partial charge is 0.245 e. The molecule has 0 bridgehead atoms. The van der Waals surface area contributed by atoms with Gasteiger partial charge in [0, 0.05) is 17.8 Å². The van der Waals surface area contributed by atoms with E-state index in [0.29, 0.717) is 0 Å². The number of carbonyl (C=O) groups is 1. The lowest BCUT2D eigenvalue weighted by Crippen LogP contribution is -2.27. The predicted molar refractivity (Wildman–Crippen MR) is 64.1 cm³/mol. The number of primary amides is 1. The van der Waals surface area contributed by atoms with Gasteiger partial charge in [-0.1, -0.05) is 0 Å². The van der Waals surface area contributed by atoms with Crippen molar-refractivity contribution in [3.8, 4) is 0 Å². The zero-order chi connectivity index (χ0) is 13.0. The van der Waals surface area contributed by atoms with Gasteiger partial charge in [0.1, 0.15) is 6.61 Å². The van der Waals surface area contributed by atoms with E-state index in [1.54, 1.807) is 0 Å². The van der Waals surface area contributed by atoms with E-state index in [9.17, 15) is 4.79 Å². The highest BCUT2D eigenvalue weighted by Gasteiger charge is 2.16. The largest absolute Gasteiger partial charge is 0.368 e. The summed E-state index contributed by atoms with van der Waals surface area (Å²) in [6, 6.07) is -0.0327. The lowest BCUT2D eigenvalue weighted by Gasteiger charge is -2.14. The van der Waals surface area contributed by atoms with Crippen LogP contribution in [0, 0.1) is 13.8 Å². The van der Waals surface area contributed by atoms with E-state index < -0.39 is 5.91 Å². The number of hydroxylamine groups is 1. The minimum absolute atomic E-state index is 0.0327. The molecule has 1 heterocycles. The average Bonchev–Trinajstić information content (AvgIpc) is 2.53. The molecule has 1 atom stereocenters. The molecule has 0 aromatic carbocycles. The van der Waals surface area contributed by atoms with Crippen LogP contribution in [0.2, 0.25) is 0 Å². The second-order valence-electron chi connectivity index (χ2n) is 3.99. The van der Waals surface area contributed by atoms with Gasteiger partial charge in [0.2, 0.25) is 5.91 Å². The van der Waals surface area contributed by atoms with E-state index in [2.05, 4.69) is 10.6 Å². The minimum atomic E-state index is -0.498. The molecule has 17 heavy (non-hydrogen) atoms. The van der Waals surface area contributed by atoms with Gasteiger partial charge in [-0.25, -0.2) is 0 Å². The van der Waals surface area contributed by atoms with Crippen LogP contribution in [-0.4, -0.2) is 22.3 Å². The van der Waals surface area contributed by atoms with Crippen LogP contribution in [0.25, 0.3) is 0 Å². The summed E-state index contributed by atoms with van der Waals surface area (Å²) < 4.78 is 1.94. The van der Waals surface area contributed by atoms with Crippen molar-refractivity contribution >= 4 is 5.91 Å². The Balaban J connectivity index is 2.71. The van der Waals surface area contributed by atoms with E-state index in [4.69, 9.17) is 10.6 Å². The van der Waals surface area contributed by atoms with Crippen molar-refractivity contribution in [2.45, 2.75) is 40.3 Å². The summed E-state index contributed by atoms with van der Waals surface area (Å²) >= 11 is 0. The standard InChI is InChI=1S/C11H20N4O2/c1-5-15-9(4)11(7(2)13-15)8(3)14-17-6-10(12)16/h8,14H,5-6H2,1-4H3,(H2,12,16). The lowest BCUT2D eigenvalue weighted by atomic mass is 10.1. The molecule has 6 heteroatoms. The van der Waals surface area contributed by atoms with Gasteiger partial charge in [-0.3, -0.25) is 14.3 Å². The maximum atomic E-state index is 10.5.